The third kappa shape index (κ3) is 2.68. The Morgan fingerprint density at radius 1 is 1.33 bits per heavy atom. The van der Waals surface area contributed by atoms with Gasteiger partial charge in [0.25, 0.3) is 5.56 Å². The van der Waals surface area contributed by atoms with E-state index in [0.717, 1.165) is 20.6 Å². The minimum absolute atomic E-state index is 0.0241. The summed E-state index contributed by atoms with van der Waals surface area (Å²) in [6.45, 7) is -0.213. The molecule has 2 heterocycles. The summed E-state index contributed by atoms with van der Waals surface area (Å²) < 4.78 is 40.8. The maximum Gasteiger partial charge on any atom is 0.332 e. The van der Waals surface area contributed by atoms with Crippen molar-refractivity contribution in [3.63, 3.8) is 0 Å². The highest BCUT2D eigenvalue weighted by atomic mass is 16.2. The second-order valence-electron chi connectivity index (χ2n) is 4.80. The smallest absolute Gasteiger partial charge is 0.325 e. The van der Waals surface area contributed by atoms with Gasteiger partial charge in [0.15, 0.2) is 11.2 Å². The van der Waals surface area contributed by atoms with Crippen LogP contribution in [0.1, 0.15) is 38.8 Å². The number of hydrogen-bond acceptors (Lipinski definition) is 4. The Morgan fingerprint density at radius 3 is 2.67 bits per heavy atom. The van der Waals surface area contributed by atoms with Crippen LogP contribution in [0.2, 0.25) is 0 Å². The van der Waals surface area contributed by atoms with E-state index in [1.165, 1.54) is 14.0 Å². The summed E-state index contributed by atoms with van der Waals surface area (Å²) in [5, 5.41) is 0. The lowest BCUT2D eigenvalue weighted by Crippen LogP contribution is -2.39. The molecular formula is C14H20N4O3. The number of fused-ring (bicyclic) bond motifs is 1. The van der Waals surface area contributed by atoms with Gasteiger partial charge >= 0.3 is 5.69 Å². The first kappa shape index (κ1) is 9.70. The fourth-order valence-electron chi connectivity index (χ4n) is 2.13. The van der Waals surface area contributed by atoms with Crippen molar-refractivity contribution in [3.05, 3.63) is 26.7 Å². The van der Waals surface area contributed by atoms with Gasteiger partial charge in [-0.3, -0.25) is 13.9 Å². The molecule has 0 saturated heterocycles. The van der Waals surface area contributed by atoms with E-state index in [-0.39, 0.29) is 36.4 Å². The predicted octanol–water partition coefficient (Wildman–Crippen LogP) is 0.501. The molecule has 0 atom stereocenters. The fourth-order valence-corrected chi connectivity index (χ4v) is 2.13. The third-order valence-electron chi connectivity index (χ3n) is 3.24. The first-order chi connectivity index (χ1) is 11.8. The lowest BCUT2D eigenvalue weighted by atomic mass is 10.2. The molecule has 0 spiro atoms. The van der Waals surface area contributed by atoms with Gasteiger partial charge in [0.1, 0.15) is 11.6 Å². The van der Waals surface area contributed by atoms with Gasteiger partial charge in [-0.1, -0.05) is 0 Å². The molecule has 2 rings (SSSR count). The molecule has 0 aliphatic heterocycles. The van der Waals surface area contributed by atoms with Crippen LogP contribution in [-0.2, 0) is 25.4 Å². The average Bonchev–Trinajstić information content (AvgIpc) is 2.86. The largest absolute Gasteiger partial charge is 0.332 e. The molecule has 0 radical (unpaired) electrons. The highest BCUT2D eigenvalue weighted by Crippen LogP contribution is 2.08. The normalized spacial score (nSPS) is 16.0. The summed E-state index contributed by atoms with van der Waals surface area (Å²) in [6, 6.07) is 0. The van der Waals surface area contributed by atoms with Crippen molar-refractivity contribution in [2.75, 3.05) is 0 Å². The predicted molar refractivity (Wildman–Crippen MR) is 79.5 cm³/mol. The monoisotopic (exact) mass is 297 g/mol. The fraction of sp³-hybridized carbons (Fsp3) is 0.571. The number of carbonyl (C=O) groups excluding carboxylic acids is 1. The van der Waals surface area contributed by atoms with Gasteiger partial charge in [0, 0.05) is 33.8 Å². The summed E-state index contributed by atoms with van der Waals surface area (Å²) >= 11 is 0. The van der Waals surface area contributed by atoms with Crippen LogP contribution in [0.15, 0.2) is 9.59 Å². The van der Waals surface area contributed by atoms with Gasteiger partial charge in [-0.15, -0.1) is 0 Å². The van der Waals surface area contributed by atoms with Crippen LogP contribution in [0, 0.1) is 6.92 Å². The zero-order valence-corrected chi connectivity index (χ0v) is 12.1. The van der Waals surface area contributed by atoms with Gasteiger partial charge in [-0.25, -0.2) is 9.78 Å². The Morgan fingerprint density at radius 2 is 2.05 bits per heavy atom. The Bertz CT molecular complexity index is 984. The lowest BCUT2D eigenvalue weighted by Gasteiger charge is -2.08. The molecule has 0 aromatic carbocycles. The molecule has 114 valence electrons. The Kier molecular flexibility index (Phi) is 2.62. The SMILES string of the molecule is [2H]C([2H])(CCCn1c(=O)c2c(nc(C)n2C([2H])([2H])[2H])n(C)c1=O)C(C)=O. The maximum absolute atomic E-state index is 12.7. The number of imidazole rings is 1. The molecule has 21 heavy (non-hydrogen) atoms. The molecule has 0 aliphatic carbocycles. The summed E-state index contributed by atoms with van der Waals surface area (Å²) in [7, 11) is 1.38. The minimum atomic E-state index is -2.64. The molecule has 0 fully saturated rings. The van der Waals surface area contributed by atoms with Crippen molar-refractivity contribution in [2.45, 2.75) is 39.6 Å². The van der Waals surface area contributed by atoms with Crippen LogP contribution in [0.3, 0.4) is 0 Å². The van der Waals surface area contributed by atoms with Gasteiger partial charge < -0.3 is 9.36 Å². The number of ketones is 1. The molecule has 2 aromatic rings. The molecule has 0 saturated carbocycles. The molecule has 0 aliphatic rings. The zero-order valence-electron chi connectivity index (χ0n) is 17.1. The van der Waals surface area contributed by atoms with Gasteiger partial charge in [-0.05, 0) is 26.7 Å². The molecule has 0 N–H and O–H groups in total. The second kappa shape index (κ2) is 5.67. The summed E-state index contributed by atoms with van der Waals surface area (Å²) in [6.07, 6.45) is -2.14. The molecule has 0 unspecified atom stereocenters. The maximum atomic E-state index is 12.7. The first-order valence-corrected chi connectivity index (χ1v) is 6.49. The van der Waals surface area contributed by atoms with Crippen molar-refractivity contribution in [3.8, 4) is 0 Å². The number of aromatic nitrogens is 4. The summed E-state index contributed by atoms with van der Waals surface area (Å²) in [4.78, 5) is 40.5. The van der Waals surface area contributed by atoms with Crippen molar-refractivity contribution < 1.29 is 11.6 Å². The molecular weight excluding hydrogens is 272 g/mol. The lowest BCUT2D eigenvalue weighted by molar-refractivity contribution is -0.117. The van der Waals surface area contributed by atoms with Gasteiger partial charge in [0.05, 0.1) is 0 Å². The van der Waals surface area contributed by atoms with E-state index >= 15 is 0 Å². The number of aryl methyl sites for hydroxylation is 3. The van der Waals surface area contributed by atoms with Crippen LogP contribution >= 0.6 is 0 Å². The second-order valence-corrected chi connectivity index (χ2v) is 4.80. The number of nitrogens with zero attached hydrogens (tertiary/aromatic N) is 4. The van der Waals surface area contributed by atoms with Crippen LogP contribution in [-0.4, -0.2) is 24.5 Å². The number of Topliss-reactive ketones (excluding diaryl/α,β-unsaturated/α-hetero) is 1. The van der Waals surface area contributed by atoms with Gasteiger partial charge in [0.2, 0.25) is 0 Å². The van der Waals surface area contributed by atoms with E-state index in [1.54, 1.807) is 0 Å². The number of hydrogen-bond donors (Lipinski definition) is 0. The van der Waals surface area contributed by atoms with E-state index in [9.17, 15) is 14.4 Å². The summed E-state index contributed by atoms with van der Waals surface area (Å²) in [5.74, 6) is -0.554. The third-order valence-corrected chi connectivity index (χ3v) is 3.24. The van der Waals surface area contributed by atoms with Crippen molar-refractivity contribution in [2.24, 2.45) is 14.0 Å². The topological polar surface area (TPSA) is 78.9 Å². The Balaban J connectivity index is 2.57. The van der Waals surface area contributed by atoms with E-state index in [0.29, 0.717) is 0 Å². The average molecular weight is 297 g/mol. The molecule has 2 aromatic heterocycles. The zero-order chi connectivity index (χ0) is 20.0. The first-order valence-electron chi connectivity index (χ1n) is 8.99. The number of rotatable bonds is 5. The van der Waals surface area contributed by atoms with Gasteiger partial charge in [-0.2, -0.15) is 0 Å². The molecule has 7 nitrogen and oxygen atoms in total. The molecule has 7 heteroatoms. The highest BCUT2D eigenvalue weighted by Gasteiger charge is 2.16. The molecule has 0 amide bonds. The quantitative estimate of drug-likeness (QED) is 0.805. The highest BCUT2D eigenvalue weighted by molar-refractivity contribution is 5.75. The van der Waals surface area contributed by atoms with Crippen LogP contribution in [0.25, 0.3) is 11.2 Å². The van der Waals surface area contributed by atoms with Crippen molar-refractivity contribution in [1.29, 1.82) is 0 Å². The number of carbonyl (C=O) groups is 1. The van der Waals surface area contributed by atoms with E-state index in [4.69, 9.17) is 6.85 Å². The molecule has 0 bridgehead atoms. The van der Waals surface area contributed by atoms with Crippen molar-refractivity contribution >= 4 is 16.9 Å². The van der Waals surface area contributed by atoms with E-state index in [1.807, 2.05) is 0 Å². The minimum Gasteiger partial charge on any atom is -0.325 e. The standard InChI is InChI=1S/C14H20N4O3/c1-9(19)7-5-6-8-18-13(20)11-12(17(4)14(18)21)15-10(2)16(11)3/h5-8H2,1-4H3/i3D3,7D2. The van der Waals surface area contributed by atoms with Crippen LogP contribution < -0.4 is 11.2 Å². The Hall–Kier alpha value is -2.18. The van der Waals surface area contributed by atoms with E-state index < -0.39 is 30.4 Å². The van der Waals surface area contributed by atoms with Crippen LogP contribution in [0.5, 0.6) is 0 Å². The Labute approximate surface area is 128 Å². The summed E-state index contributed by atoms with van der Waals surface area (Å²) in [5.41, 5.74) is -1.72. The van der Waals surface area contributed by atoms with Crippen LogP contribution in [0.4, 0.5) is 0 Å². The van der Waals surface area contributed by atoms with Crippen molar-refractivity contribution in [1.82, 2.24) is 18.7 Å². The van der Waals surface area contributed by atoms with E-state index in [2.05, 4.69) is 4.98 Å².